The Labute approximate surface area is 186 Å². The van der Waals surface area contributed by atoms with Gasteiger partial charge in [0.2, 0.25) is 11.8 Å². The molecule has 1 unspecified atom stereocenters. The van der Waals surface area contributed by atoms with E-state index in [-0.39, 0.29) is 31.4 Å². The van der Waals surface area contributed by atoms with Crippen molar-refractivity contribution in [3.63, 3.8) is 0 Å². The van der Waals surface area contributed by atoms with Gasteiger partial charge in [0.1, 0.15) is 6.54 Å². The second-order valence-electron chi connectivity index (χ2n) is 7.14. The standard InChI is InChI=1S/C23H24ClN3O4/c1-3-31-23(30)22-15(2)27(14-20(28)26-13-16-7-9-25-10-8-16)21(29)12-19(22)17-5-4-6-18(24)11-17/h4-11,19H,3,12-14H2,1-2H3,(H,26,28). The third-order valence-electron chi connectivity index (χ3n) is 5.11. The molecule has 3 rings (SSSR count). The molecular formula is C23H24ClN3O4. The second-order valence-corrected chi connectivity index (χ2v) is 7.58. The number of carbonyl (C=O) groups excluding carboxylic acids is 3. The molecule has 0 radical (unpaired) electrons. The molecule has 1 atom stereocenters. The zero-order chi connectivity index (χ0) is 22.4. The fraction of sp³-hybridized carbons (Fsp3) is 0.304. The topological polar surface area (TPSA) is 88.6 Å². The molecule has 1 aromatic carbocycles. The van der Waals surface area contributed by atoms with Crippen molar-refractivity contribution in [3.8, 4) is 0 Å². The van der Waals surface area contributed by atoms with E-state index in [0.29, 0.717) is 22.8 Å². The molecule has 1 aliphatic rings. The van der Waals surface area contributed by atoms with Gasteiger partial charge in [0.15, 0.2) is 0 Å². The van der Waals surface area contributed by atoms with E-state index < -0.39 is 11.9 Å². The Morgan fingerprint density at radius 1 is 1.26 bits per heavy atom. The van der Waals surface area contributed by atoms with Gasteiger partial charge in [-0.2, -0.15) is 0 Å². The number of hydrogen-bond donors (Lipinski definition) is 1. The van der Waals surface area contributed by atoms with E-state index in [4.69, 9.17) is 16.3 Å². The number of amides is 2. The Kier molecular flexibility index (Phi) is 7.41. The molecule has 1 aromatic heterocycles. The Hall–Kier alpha value is -3.19. The Balaban J connectivity index is 1.84. The fourth-order valence-electron chi connectivity index (χ4n) is 3.59. The first-order chi connectivity index (χ1) is 14.9. The van der Waals surface area contributed by atoms with Crippen molar-refractivity contribution in [1.82, 2.24) is 15.2 Å². The molecule has 0 saturated carbocycles. The lowest BCUT2D eigenvalue weighted by atomic mass is 9.83. The van der Waals surface area contributed by atoms with Crippen LogP contribution in [0.2, 0.25) is 5.02 Å². The highest BCUT2D eigenvalue weighted by atomic mass is 35.5. The van der Waals surface area contributed by atoms with Gasteiger partial charge >= 0.3 is 5.97 Å². The molecule has 2 amide bonds. The summed E-state index contributed by atoms with van der Waals surface area (Å²) in [4.78, 5) is 43.5. The lowest BCUT2D eigenvalue weighted by Gasteiger charge is -2.34. The van der Waals surface area contributed by atoms with Gasteiger partial charge < -0.3 is 15.0 Å². The van der Waals surface area contributed by atoms with E-state index in [2.05, 4.69) is 10.3 Å². The van der Waals surface area contributed by atoms with E-state index >= 15 is 0 Å². The highest BCUT2D eigenvalue weighted by molar-refractivity contribution is 6.30. The van der Waals surface area contributed by atoms with Gasteiger partial charge in [0.25, 0.3) is 0 Å². The number of carbonyl (C=O) groups is 3. The summed E-state index contributed by atoms with van der Waals surface area (Å²) in [6, 6.07) is 10.7. The zero-order valence-corrected chi connectivity index (χ0v) is 18.2. The summed E-state index contributed by atoms with van der Waals surface area (Å²) >= 11 is 6.12. The minimum Gasteiger partial charge on any atom is -0.463 e. The van der Waals surface area contributed by atoms with Crippen molar-refractivity contribution in [1.29, 1.82) is 0 Å². The number of allylic oxidation sites excluding steroid dienone is 1. The monoisotopic (exact) mass is 441 g/mol. The summed E-state index contributed by atoms with van der Waals surface area (Å²) in [6.45, 7) is 3.73. The number of nitrogens with one attached hydrogen (secondary N) is 1. The summed E-state index contributed by atoms with van der Waals surface area (Å²) in [7, 11) is 0. The van der Waals surface area contributed by atoms with Crippen molar-refractivity contribution >= 4 is 29.4 Å². The smallest absolute Gasteiger partial charge is 0.336 e. The van der Waals surface area contributed by atoms with Crippen LogP contribution >= 0.6 is 11.6 Å². The molecule has 0 spiro atoms. The largest absolute Gasteiger partial charge is 0.463 e. The number of halogens is 1. The Bertz CT molecular complexity index is 1010. The van der Waals surface area contributed by atoms with Crippen LogP contribution in [0.1, 0.15) is 37.3 Å². The van der Waals surface area contributed by atoms with E-state index in [1.165, 1.54) is 4.90 Å². The normalized spacial score (nSPS) is 16.3. The van der Waals surface area contributed by atoms with Gasteiger partial charge in [-0.1, -0.05) is 23.7 Å². The van der Waals surface area contributed by atoms with Crippen molar-refractivity contribution in [2.45, 2.75) is 32.7 Å². The third-order valence-corrected chi connectivity index (χ3v) is 5.35. The molecule has 0 fully saturated rings. The van der Waals surface area contributed by atoms with E-state index in [9.17, 15) is 14.4 Å². The molecule has 2 heterocycles. The SMILES string of the molecule is CCOC(=O)C1=C(C)N(CC(=O)NCc2ccncc2)C(=O)CC1c1cccc(Cl)c1. The highest BCUT2D eigenvalue weighted by Crippen LogP contribution is 2.37. The minimum absolute atomic E-state index is 0.0451. The molecule has 2 aromatic rings. The van der Waals surface area contributed by atoms with Crippen molar-refractivity contribution in [3.05, 3.63) is 76.2 Å². The van der Waals surface area contributed by atoms with E-state index in [1.807, 2.05) is 6.07 Å². The van der Waals surface area contributed by atoms with Crippen LogP contribution < -0.4 is 5.32 Å². The average molecular weight is 442 g/mol. The lowest BCUT2D eigenvalue weighted by Crippen LogP contribution is -2.44. The number of hydrogen-bond acceptors (Lipinski definition) is 5. The maximum Gasteiger partial charge on any atom is 0.336 e. The van der Waals surface area contributed by atoms with Crippen molar-refractivity contribution in [2.24, 2.45) is 0 Å². The predicted octanol–water partition coefficient (Wildman–Crippen LogP) is 3.20. The van der Waals surface area contributed by atoms with Gasteiger partial charge in [-0.25, -0.2) is 4.79 Å². The number of pyridine rings is 1. The maximum absolute atomic E-state index is 12.9. The molecule has 1 N–H and O–H groups in total. The molecule has 1 aliphatic heterocycles. The van der Waals surface area contributed by atoms with Crippen molar-refractivity contribution in [2.75, 3.05) is 13.2 Å². The molecule has 7 nitrogen and oxygen atoms in total. The summed E-state index contributed by atoms with van der Waals surface area (Å²) in [6.07, 6.45) is 3.33. The Morgan fingerprint density at radius 3 is 2.68 bits per heavy atom. The van der Waals surface area contributed by atoms with Gasteiger partial charge in [0, 0.05) is 42.0 Å². The average Bonchev–Trinajstić information content (AvgIpc) is 2.75. The van der Waals surface area contributed by atoms with Crippen molar-refractivity contribution < 1.29 is 19.1 Å². The first-order valence-electron chi connectivity index (χ1n) is 10.00. The van der Waals surface area contributed by atoms with Crippen LogP contribution in [-0.2, 0) is 25.7 Å². The van der Waals surface area contributed by atoms with E-state index in [1.54, 1.807) is 56.6 Å². The van der Waals surface area contributed by atoms with E-state index in [0.717, 1.165) is 11.1 Å². The predicted molar refractivity (Wildman–Crippen MR) is 116 cm³/mol. The van der Waals surface area contributed by atoms with Crippen LogP contribution in [0.25, 0.3) is 0 Å². The zero-order valence-electron chi connectivity index (χ0n) is 17.4. The van der Waals surface area contributed by atoms with Crippen LogP contribution in [0.4, 0.5) is 0 Å². The molecule has 0 bridgehead atoms. The molecular weight excluding hydrogens is 418 g/mol. The van der Waals surface area contributed by atoms with Crippen LogP contribution in [0.15, 0.2) is 60.1 Å². The van der Waals surface area contributed by atoms with Crippen LogP contribution in [0, 0.1) is 0 Å². The molecule has 8 heteroatoms. The van der Waals surface area contributed by atoms with Gasteiger partial charge in [-0.3, -0.25) is 14.6 Å². The number of ether oxygens (including phenoxy) is 1. The minimum atomic E-state index is -0.500. The number of nitrogens with zero attached hydrogens (tertiary/aromatic N) is 2. The second kappa shape index (κ2) is 10.2. The van der Waals surface area contributed by atoms with Crippen LogP contribution in [0.5, 0.6) is 0 Å². The number of aromatic nitrogens is 1. The molecule has 31 heavy (non-hydrogen) atoms. The quantitative estimate of drug-likeness (QED) is 0.666. The number of benzene rings is 1. The van der Waals surface area contributed by atoms with Crippen LogP contribution in [0.3, 0.4) is 0 Å². The number of rotatable bonds is 7. The lowest BCUT2D eigenvalue weighted by molar-refractivity contribution is -0.141. The number of esters is 1. The maximum atomic E-state index is 12.9. The molecule has 162 valence electrons. The first kappa shape index (κ1) is 22.5. The third kappa shape index (κ3) is 5.49. The summed E-state index contributed by atoms with van der Waals surface area (Å²) in [5, 5.41) is 3.31. The van der Waals surface area contributed by atoms with Gasteiger partial charge in [0.05, 0.1) is 12.2 Å². The fourth-order valence-corrected chi connectivity index (χ4v) is 3.78. The Morgan fingerprint density at radius 2 is 2.00 bits per heavy atom. The summed E-state index contributed by atoms with van der Waals surface area (Å²) in [5.74, 6) is -1.55. The highest BCUT2D eigenvalue weighted by Gasteiger charge is 2.37. The van der Waals surface area contributed by atoms with Gasteiger partial charge in [-0.15, -0.1) is 0 Å². The van der Waals surface area contributed by atoms with Crippen LogP contribution in [-0.4, -0.2) is 40.8 Å². The first-order valence-corrected chi connectivity index (χ1v) is 10.4. The summed E-state index contributed by atoms with van der Waals surface area (Å²) in [5.41, 5.74) is 2.43. The molecule has 0 saturated heterocycles. The van der Waals surface area contributed by atoms with Gasteiger partial charge in [-0.05, 0) is 49.2 Å². The molecule has 0 aliphatic carbocycles. The summed E-state index contributed by atoms with van der Waals surface area (Å²) < 4.78 is 5.25.